The van der Waals surface area contributed by atoms with E-state index in [0.29, 0.717) is 10.4 Å². The molecule has 1 amide bonds. The maximum absolute atomic E-state index is 12.4. The molecule has 0 bridgehead atoms. The molecule has 0 saturated carbocycles. The molecule has 6 heteroatoms. The lowest BCUT2D eigenvalue weighted by Gasteiger charge is -2.02. The number of amides is 1. The standard InChI is InChI=1S/C18H16N2O3S/c1-11-6-8-13(9-7-11)17(23)19-18-20(10-15(21)22)14-5-3-4-12(2)16(14)24-18/h3-9H,10H2,1-2H3,(H,21,22)/b19-18-. The Morgan fingerprint density at radius 2 is 1.83 bits per heavy atom. The van der Waals surface area contributed by atoms with Gasteiger partial charge in [-0.05, 0) is 37.6 Å². The molecular formula is C18H16N2O3S. The molecule has 0 spiro atoms. The number of rotatable bonds is 3. The first-order chi connectivity index (χ1) is 11.5. The van der Waals surface area contributed by atoms with Gasteiger partial charge in [-0.25, -0.2) is 0 Å². The van der Waals surface area contributed by atoms with Gasteiger partial charge in [0, 0.05) is 5.56 Å². The van der Waals surface area contributed by atoms with E-state index in [9.17, 15) is 14.7 Å². The van der Waals surface area contributed by atoms with E-state index in [1.807, 2.05) is 44.2 Å². The van der Waals surface area contributed by atoms with Crippen LogP contribution in [0.5, 0.6) is 0 Å². The molecule has 0 unspecified atom stereocenters. The monoisotopic (exact) mass is 340 g/mol. The van der Waals surface area contributed by atoms with E-state index in [4.69, 9.17) is 0 Å². The number of aryl methyl sites for hydroxylation is 2. The number of thiazole rings is 1. The molecule has 24 heavy (non-hydrogen) atoms. The Morgan fingerprint density at radius 1 is 1.12 bits per heavy atom. The number of carboxylic acid groups (broad SMARTS) is 1. The van der Waals surface area contributed by atoms with Gasteiger partial charge in [-0.3, -0.25) is 9.59 Å². The van der Waals surface area contributed by atoms with Crippen LogP contribution in [0.3, 0.4) is 0 Å². The second kappa shape index (κ2) is 6.41. The zero-order valence-corrected chi connectivity index (χ0v) is 14.1. The molecular weight excluding hydrogens is 324 g/mol. The van der Waals surface area contributed by atoms with Crippen LogP contribution in [0.25, 0.3) is 10.2 Å². The highest BCUT2D eigenvalue weighted by Gasteiger charge is 2.12. The number of fused-ring (bicyclic) bond motifs is 1. The number of hydrogen-bond donors (Lipinski definition) is 1. The quantitative estimate of drug-likeness (QED) is 0.796. The minimum atomic E-state index is -0.972. The molecule has 5 nitrogen and oxygen atoms in total. The maximum Gasteiger partial charge on any atom is 0.323 e. The van der Waals surface area contributed by atoms with Gasteiger partial charge in [-0.1, -0.05) is 41.2 Å². The summed E-state index contributed by atoms with van der Waals surface area (Å²) >= 11 is 1.33. The van der Waals surface area contributed by atoms with Crippen molar-refractivity contribution in [1.82, 2.24) is 4.57 Å². The van der Waals surface area contributed by atoms with Crippen LogP contribution in [-0.4, -0.2) is 21.6 Å². The third-order valence-corrected chi connectivity index (χ3v) is 4.92. The van der Waals surface area contributed by atoms with E-state index in [2.05, 4.69) is 4.99 Å². The molecule has 0 saturated heterocycles. The van der Waals surface area contributed by atoms with Crippen LogP contribution in [0, 0.1) is 13.8 Å². The van der Waals surface area contributed by atoms with E-state index in [1.54, 1.807) is 16.7 Å². The van der Waals surface area contributed by atoms with Crippen molar-refractivity contribution in [3.05, 3.63) is 64.0 Å². The number of carbonyl (C=O) groups excluding carboxylic acids is 1. The molecule has 2 aromatic carbocycles. The lowest BCUT2D eigenvalue weighted by molar-refractivity contribution is -0.137. The second-order valence-electron chi connectivity index (χ2n) is 5.57. The van der Waals surface area contributed by atoms with Gasteiger partial charge < -0.3 is 9.67 Å². The Hall–Kier alpha value is -2.73. The minimum Gasteiger partial charge on any atom is -0.480 e. The van der Waals surface area contributed by atoms with E-state index in [1.165, 1.54) is 11.3 Å². The average molecular weight is 340 g/mol. The van der Waals surface area contributed by atoms with Crippen molar-refractivity contribution in [2.45, 2.75) is 20.4 Å². The van der Waals surface area contributed by atoms with Crippen LogP contribution < -0.4 is 4.80 Å². The van der Waals surface area contributed by atoms with Crippen molar-refractivity contribution < 1.29 is 14.7 Å². The van der Waals surface area contributed by atoms with Gasteiger partial charge in [0.05, 0.1) is 10.2 Å². The van der Waals surface area contributed by atoms with Crippen molar-refractivity contribution in [3.8, 4) is 0 Å². The van der Waals surface area contributed by atoms with Gasteiger partial charge in [-0.15, -0.1) is 0 Å². The first-order valence-electron chi connectivity index (χ1n) is 7.42. The smallest absolute Gasteiger partial charge is 0.323 e. The number of hydrogen-bond acceptors (Lipinski definition) is 3. The molecule has 0 atom stereocenters. The van der Waals surface area contributed by atoms with E-state index >= 15 is 0 Å². The third kappa shape index (κ3) is 3.14. The summed E-state index contributed by atoms with van der Waals surface area (Å²) < 4.78 is 2.51. The molecule has 0 aliphatic rings. The number of benzene rings is 2. The first-order valence-corrected chi connectivity index (χ1v) is 8.24. The fourth-order valence-corrected chi connectivity index (χ4v) is 3.55. The van der Waals surface area contributed by atoms with Gasteiger partial charge in [-0.2, -0.15) is 4.99 Å². The predicted molar refractivity (Wildman–Crippen MR) is 93.3 cm³/mol. The Kier molecular flexibility index (Phi) is 4.31. The molecule has 1 N–H and O–H groups in total. The lowest BCUT2D eigenvalue weighted by Crippen LogP contribution is -2.21. The molecule has 1 aromatic heterocycles. The normalized spacial score (nSPS) is 11.8. The fourth-order valence-electron chi connectivity index (χ4n) is 2.45. The largest absolute Gasteiger partial charge is 0.480 e. The number of nitrogens with zero attached hydrogens (tertiary/aromatic N) is 2. The van der Waals surface area contributed by atoms with Crippen LogP contribution in [0.1, 0.15) is 21.5 Å². The van der Waals surface area contributed by atoms with Crippen molar-refractivity contribution in [2.75, 3.05) is 0 Å². The fraction of sp³-hybridized carbons (Fsp3) is 0.167. The van der Waals surface area contributed by atoms with E-state index < -0.39 is 5.97 Å². The summed E-state index contributed by atoms with van der Waals surface area (Å²) in [6, 6.07) is 12.8. The summed E-state index contributed by atoms with van der Waals surface area (Å²) in [5.74, 6) is -1.35. The molecule has 1 heterocycles. The topological polar surface area (TPSA) is 71.7 Å². The van der Waals surface area contributed by atoms with E-state index in [-0.39, 0.29) is 12.5 Å². The summed E-state index contributed by atoms with van der Waals surface area (Å²) in [6.45, 7) is 3.67. The Bertz CT molecular complexity index is 997. The van der Waals surface area contributed by atoms with Crippen LogP contribution in [0.15, 0.2) is 47.5 Å². The summed E-state index contributed by atoms with van der Waals surface area (Å²) in [4.78, 5) is 28.2. The highest BCUT2D eigenvalue weighted by molar-refractivity contribution is 7.16. The third-order valence-electron chi connectivity index (χ3n) is 3.70. The Labute approximate surface area is 142 Å². The maximum atomic E-state index is 12.4. The number of carboxylic acids is 1. The summed E-state index contributed by atoms with van der Waals surface area (Å²) in [6.07, 6.45) is 0. The van der Waals surface area contributed by atoms with Gasteiger partial charge in [0.1, 0.15) is 6.54 Å². The first kappa shape index (κ1) is 16.1. The highest BCUT2D eigenvalue weighted by atomic mass is 32.1. The summed E-state index contributed by atoms with van der Waals surface area (Å²) in [7, 11) is 0. The Morgan fingerprint density at radius 3 is 2.50 bits per heavy atom. The number of aliphatic carboxylic acids is 1. The predicted octanol–water partition coefficient (Wildman–Crippen LogP) is 3.15. The minimum absolute atomic E-state index is 0.233. The zero-order chi connectivity index (χ0) is 17.3. The second-order valence-corrected chi connectivity index (χ2v) is 6.55. The molecule has 0 aliphatic heterocycles. The highest BCUT2D eigenvalue weighted by Crippen LogP contribution is 2.21. The van der Waals surface area contributed by atoms with Crippen molar-refractivity contribution in [2.24, 2.45) is 4.99 Å². The lowest BCUT2D eigenvalue weighted by atomic mass is 10.1. The SMILES string of the molecule is Cc1ccc(C(=O)/N=c2\sc3c(C)cccc3n2CC(=O)O)cc1. The van der Waals surface area contributed by atoms with Crippen LogP contribution in [0.2, 0.25) is 0 Å². The van der Waals surface area contributed by atoms with Crippen LogP contribution in [0.4, 0.5) is 0 Å². The van der Waals surface area contributed by atoms with Crippen molar-refractivity contribution in [1.29, 1.82) is 0 Å². The van der Waals surface area contributed by atoms with E-state index in [0.717, 1.165) is 21.3 Å². The van der Waals surface area contributed by atoms with Gasteiger partial charge >= 0.3 is 5.97 Å². The molecule has 3 aromatic rings. The summed E-state index contributed by atoms with van der Waals surface area (Å²) in [5.41, 5.74) is 3.35. The Balaban J connectivity index is 2.16. The molecule has 122 valence electrons. The molecule has 3 rings (SSSR count). The van der Waals surface area contributed by atoms with Crippen molar-refractivity contribution in [3.63, 3.8) is 0 Å². The van der Waals surface area contributed by atoms with Crippen LogP contribution >= 0.6 is 11.3 Å². The average Bonchev–Trinajstić information content (AvgIpc) is 2.87. The van der Waals surface area contributed by atoms with Gasteiger partial charge in [0.2, 0.25) is 0 Å². The van der Waals surface area contributed by atoms with Gasteiger partial charge in [0.25, 0.3) is 5.91 Å². The molecule has 0 aliphatic carbocycles. The summed E-state index contributed by atoms with van der Waals surface area (Å²) in [5, 5.41) is 9.18. The van der Waals surface area contributed by atoms with Gasteiger partial charge in [0.15, 0.2) is 4.80 Å². The molecule has 0 radical (unpaired) electrons. The zero-order valence-electron chi connectivity index (χ0n) is 13.3. The number of carbonyl (C=O) groups is 2. The van der Waals surface area contributed by atoms with Crippen LogP contribution in [-0.2, 0) is 11.3 Å². The van der Waals surface area contributed by atoms with Crippen molar-refractivity contribution >= 4 is 33.4 Å². The molecule has 0 fully saturated rings. The number of aromatic nitrogens is 1.